The van der Waals surface area contributed by atoms with Gasteiger partial charge in [-0.1, -0.05) is 27.7 Å². The molecule has 2 N–H and O–H groups in total. The van der Waals surface area contributed by atoms with Crippen LogP contribution >= 0.6 is 0 Å². The van der Waals surface area contributed by atoms with E-state index in [-0.39, 0.29) is 22.9 Å². The lowest BCUT2D eigenvalue weighted by atomic mass is 9.35. The van der Waals surface area contributed by atoms with Gasteiger partial charge in [-0.25, -0.2) is 0 Å². The molecule has 4 rings (SSSR count). The number of rotatable bonds is 0. The molecule has 0 aromatic carbocycles. The van der Waals surface area contributed by atoms with E-state index in [4.69, 9.17) is 0 Å². The van der Waals surface area contributed by atoms with Crippen LogP contribution in [-0.4, -0.2) is 21.9 Å². The second-order valence-corrected chi connectivity index (χ2v) is 7.74. The van der Waals surface area contributed by atoms with Gasteiger partial charge in [0, 0.05) is 5.41 Å². The van der Waals surface area contributed by atoms with E-state index >= 15 is 0 Å². The van der Waals surface area contributed by atoms with Gasteiger partial charge < -0.3 is 10.2 Å². The van der Waals surface area contributed by atoms with Crippen LogP contribution in [0.5, 0.6) is 0 Å². The molecule has 1 unspecified atom stereocenters. The van der Waals surface area contributed by atoms with Gasteiger partial charge in [0.1, 0.15) is 0 Å². The summed E-state index contributed by atoms with van der Waals surface area (Å²) in [6.07, 6.45) is 3.75. The second kappa shape index (κ2) is 3.08. The van der Waals surface area contributed by atoms with Crippen LogP contribution in [0.15, 0.2) is 0 Å². The first-order valence-corrected chi connectivity index (χ1v) is 7.14. The van der Waals surface area contributed by atoms with Crippen molar-refractivity contribution in [1.82, 2.24) is 0 Å². The SMILES string of the molecule is C[C@H]1CC[C@@]2(O)C(C)(C)[C@H]3C[C@@H]1[C@@]2(C)CC3O. The van der Waals surface area contributed by atoms with Crippen LogP contribution in [0.1, 0.15) is 53.4 Å². The third-order valence-corrected chi connectivity index (χ3v) is 7.01. The zero-order valence-electron chi connectivity index (χ0n) is 11.5. The molecule has 0 spiro atoms. The monoisotopic (exact) mass is 238 g/mol. The minimum atomic E-state index is -0.570. The van der Waals surface area contributed by atoms with Crippen molar-refractivity contribution in [1.29, 1.82) is 0 Å². The lowest BCUT2D eigenvalue weighted by Gasteiger charge is -2.72. The van der Waals surface area contributed by atoms with E-state index in [1.54, 1.807) is 0 Å². The fourth-order valence-electron chi connectivity index (χ4n) is 5.82. The molecule has 0 radical (unpaired) electrons. The van der Waals surface area contributed by atoms with Crippen LogP contribution in [0, 0.1) is 28.6 Å². The Hall–Kier alpha value is -0.0800. The van der Waals surface area contributed by atoms with Crippen molar-refractivity contribution in [2.24, 2.45) is 28.6 Å². The summed E-state index contributed by atoms with van der Waals surface area (Å²) in [5.41, 5.74) is -0.794. The molecule has 6 atom stereocenters. The largest absolute Gasteiger partial charge is 0.393 e. The van der Waals surface area contributed by atoms with Crippen LogP contribution < -0.4 is 0 Å². The molecule has 0 aromatic heterocycles. The molecule has 98 valence electrons. The normalized spacial score (nSPS) is 60.4. The van der Waals surface area contributed by atoms with Gasteiger partial charge in [0.15, 0.2) is 0 Å². The van der Waals surface area contributed by atoms with Crippen molar-refractivity contribution in [3.63, 3.8) is 0 Å². The van der Waals surface area contributed by atoms with E-state index in [9.17, 15) is 10.2 Å². The smallest absolute Gasteiger partial charge is 0.0759 e. The molecule has 0 aliphatic heterocycles. The van der Waals surface area contributed by atoms with Crippen molar-refractivity contribution in [2.45, 2.75) is 65.1 Å². The number of aliphatic hydroxyl groups excluding tert-OH is 1. The number of hydrogen-bond acceptors (Lipinski definition) is 2. The summed E-state index contributed by atoms with van der Waals surface area (Å²) in [6.45, 7) is 8.90. The highest BCUT2D eigenvalue weighted by Gasteiger charge is 2.72. The standard InChI is InChI=1S/C15H26O2/c1-9-5-6-15(17)13(2,3)11-7-10(9)14(15,4)8-12(11)16/h9-12,16-17H,5-8H2,1-4H3/t9-,10-,11-,12?,14+,15+/m0/s1. The number of aliphatic hydroxyl groups is 2. The van der Waals surface area contributed by atoms with Gasteiger partial charge in [0.05, 0.1) is 11.7 Å². The fraction of sp³-hybridized carbons (Fsp3) is 1.00. The van der Waals surface area contributed by atoms with Crippen LogP contribution in [0.2, 0.25) is 0 Å². The molecule has 4 aliphatic rings. The maximum Gasteiger partial charge on any atom is 0.0759 e. The van der Waals surface area contributed by atoms with Gasteiger partial charge in [-0.2, -0.15) is 0 Å². The molecule has 0 saturated heterocycles. The lowest BCUT2D eigenvalue weighted by Crippen LogP contribution is -2.74. The predicted octanol–water partition coefficient (Wildman–Crippen LogP) is 2.58. The van der Waals surface area contributed by atoms with Crippen molar-refractivity contribution < 1.29 is 10.2 Å². The minimum absolute atomic E-state index is 0.0810. The molecule has 4 bridgehead atoms. The zero-order chi connectivity index (χ0) is 12.6. The predicted molar refractivity (Wildman–Crippen MR) is 67.5 cm³/mol. The van der Waals surface area contributed by atoms with Crippen molar-refractivity contribution >= 4 is 0 Å². The van der Waals surface area contributed by atoms with E-state index in [2.05, 4.69) is 27.7 Å². The third kappa shape index (κ3) is 1.10. The molecular formula is C15H26O2. The van der Waals surface area contributed by atoms with Crippen molar-refractivity contribution in [3.05, 3.63) is 0 Å². The van der Waals surface area contributed by atoms with Gasteiger partial charge in [0.2, 0.25) is 0 Å². The topological polar surface area (TPSA) is 40.5 Å². The van der Waals surface area contributed by atoms with Gasteiger partial charge in [-0.3, -0.25) is 0 Å². The Morgan fingerprint density at radius 2 is 1.76 bits per heavy atom. The van der Waals surface area contributed by atoms with Gasteiger partial charge in [-0.05, 0) is 48.9 Å². The average molecular weight is 238 g/mol. The molecular weight excluding hydrogens is 212 g/mol. The Morgan fingerprint density at radius 1 is 1.12 bits per heavy atom. The summed E-state index contributed by atoms with van der Waals surface area (Å²) in [6, 6.07) is 0. The highest BCUT2D eigenvalue weighted by molar-refractivity contribution is 5.21. The minimum Gasteiger partial charge on any atom is -0.393 e. The first-order valence-electron chi connectivity index (χ1n) is 7.14. The second-order valence-electron chi connectivity index (χ2n) is 7.74. The van der Waals surface area contributed by atoms with Crippen LogP contribution in [0.25, 0.3) is 0 Å². The Bertz CT molecular complexity index is 351. The Morgan fingerprint density at radius 3 is 2.41 bits per heavy atom. The highest BCUT2D eigenvalue weighted by Crippen LogP contribution is 2.71. The molecule has 2 heteroatoms. The van der Waals surface area contributed by atoms with E-state index in [0.29, 0.717) is 11.8 Å². The summed E-state index contributed by atoms with van der Waals surface area (Å²) in [7, 11) is 0. The molecule has 17 heavy (non-hydrogen) atoms. The zero-order valence-corrected chi connectivity index (χ0v) is 11.5. The Kier molecular flexibility index (Phi) is 2.17. The highest BCUT2D eigenvalue weighted by atomic mass is 16.3. The summed E-state index contributed by atoms with van der Waals surface area (Å²) in [5, 5.41) is 21.6. The maximum absolute atomic E-state index is 11.3. The Labute approximate surface area is 104 Å². The van der Waals surface area contributed by atoms with E-state index in [1.807, 2.05) is 0 Å². The summed E-state index contributed by atoms with van der Waals surface area (Å²) >= 11 is 0. The Balaban J connectivity index is 2.14. The van der Waals surface area contributed by atoms with E-state index < -0.39 is 5.60 Å². The molecule has 4 saturated carbocycles. The first kappa shape index (κ1) is 12.0. The molecule has 0 aromatic rings. The number of fused-ring (bicyclic) bond motifs is 1. The quantitative estimate of drug-likeness (QED) is 0.681. The first-order chi connectivity index (χ1) is 7.74. The van der Waals surface area contributed by atoms with Gasteiger partial charge >= 0.3 is 0 Å². The lowest BCUT2D eigenvalue weighted by molar-refractivity contribution is -0.315. The van der Waals surface area contributed by atoms with Crippen LogP contribution in [0.3, 0.4) is 0 Å². The molecule has 4 aliphatic carbocycles. The summed E-state index contributed by atoms with van der Waals surface area (Å²) in [5.74, 6) is 1.58. The van der Waals surface area contributed by atoms with Crippen LogP contribution in [-0.2, 0) is 0 Å². The van der Waals surface area contributed by atoms with Gasteiger partial charge in [0.25, 0.3) is 0 Å². The van der Waals surface area contributed by atoms with Crippen molar-refractivity contribution in [3.8, 4) is 0 Å². The van der Waals surface area contributed by atoms with E-state index in [0.717, 1.165) is 25.7 Å². The maximum atomic E-state index is 11.3. The fourth-order valence-corrected chi connectivity index (χ4v) is 5.82. The molecule has 4 fully saturated rings. The van der Waals surface area contributed by atoms with E-state index in [1.165, 1.54) is 0 Å². The van der Waals surface area contributed by atoms with Crippen molar-refractivity contribution in [2.75, 3.05) is 0 Å². The molecule has 0 amide bonds. The average Bonchev–Trinajstić information content (AvgIpc) is 2.21. The van der Waals surface area contributed by atoms with Crippen LogP contribution in [0.4, 0.5) is 0 Å². The third-order valence-electron chi connectivity index (χ3n) is 7.01. The molecule has 0 heterocycles. The number of hydrogen-bond donors (Lipinski definition) is 2. The molecule has 2 nitrogen and oxygen atoms in total. The summed E-state index contributed by atoms with van der Waals surface area (Å²) < 4.78 is 0. The van der Waals surface area contributed by atoms with Gasteiger partial charge in [-0.15, -0.1) is 0 Å². The summed E-state index contributed by atoms with van der Waals surface area (Å²) in [4.78, 5) is 0.